The summed E-state index contributed by atoms with van der Waals surface area (Å²) in [4.78, 5) is 59.2. The van der Waals surface area contributed by atoms with Crippen molar-refractivity contribution in [2.45, 2.75) is 142 Å². The Balaban J connectivity index is 1.13. The molecule has 0 unspecified atom stereocenters. The maximum Gasteiger partial charge on any atom is 0.261 e. The van der Waals surface area contributed by atoms with E-state index in [0.717, 1.165) is 79.8 Å². The van der Waals surface area contributed by atoms with Gasteiger partial charge in [0.25, 0.3) is 23.6 Å². The fraction of sp³-hybridized carbons (Fsp3) is 0.500. The van der Waals surface area contributed by atoms with Crippen LogP contribution >= 0.6 is 31.9 Å². The molecule has 0 saturated heterocycles. The lowest BCUT2D eigenvalue weighted by molar-refractivity contribution is 0.0592. The van der Waals surface area contributed by atoms with Gasteiger partial charge in [-0.15, -0.1) is 0 Å². The Kier molecular flexibility index (Phi) is 13.5. The number of rotatable bonds is 22. The van der Waals surface area contributed by atoms with Gasteiger partial charge in [-0.25, -0.2) is 0 Å². The molecular weight excluding hydrogens is 828 g/mol. The van der Waals surface area contributed by atoms with Crippen molar-refractivity contribution < 1.29 is 19.2 Å². The minimum atomic E-state index is -0.253. The first kappa shape index (κ1) is 40.8. The zero-order valence-corrected chi connectivity index (χ0v) is 36.5. The first-order chi connectivity index (χ1) is 27.3. The van der Waals surface area contributed by atoms with E-state index in [1.54, 1.807) is 0 Å². The molecule has 0 spiro atoms. The molecule has 0 saturated carbocycles. The highest BCUT2D eigenvalue weighted by Gasteiger charge is 2.37. The Morgan fingerprint density at radius 3 is 1.02 bits per heavy atom. The van der Waals surface area contributed by atoms with Crippen molar-refractivity contribution in [1.82, 2.24) is 9.80 Å². The Labute approximate surface area is 348 Å². The molecule has 6 nitrogen and oxygen atoms in total. The Morgan fingerprint density at radius 1 is 0.375 bits per heavy atom. The number of unbranched alkanes of at least 4 members (excludes halogenated alkanes) is 18. The van der Waals surface area contributed by atoms with Crippen molar-refractivity contribution in [3.63, 3.8) is 0 Å². The van der Waals surface area contributed by atoms with Gasteiger partial charge in [0, 0.05) is 76.6 Å². The predicted molar refractivity (Wildman–Crippen MR) is 237 cm³/mol. The molecule has 0 atom stereocenters. The van der Waals surface area contributed by atoms with Gasteiger partial charge in [-0.3, -0.25) is 29.0 Å². The molecule has 8 heteroatoms. The first-order valence-electron chi connectivity index (χ1n) is 21.6. The van der Waals surface area contributed by atoms with Crippen molar-refractivity contribution >= 4 is 98.6 Å². The second-order valence-electron chi connectivity index (χ2n) is 16.3. The van der Waals surface area contributed by atoms with Gasteiger partial charge < -0.3 is 0 Å². The quantitative estimate of drug-likeness (QED) is 0.0300. The fourth-order valence-electron chi connectivity index (χ4n) is 9.39. The average Bonchev–Trinajstić information content (AvgIpc) is 3.19. The van der Waals surface area contributed by atoms with Crippen LogP contribution in [0.1, 0.15) is 184 Å². The number of hydrogen-bond donors (Lipinski definition) is 0. The number of halogens is 2. The highest BCUT2D eigenvalue weighted by atomic mass is 79.9. The number of carbonyl (C=O) groups excluding carboxylic acids is 4. The standard InChI is InChI=1S/C48H56Br2N2O4/c1-3-5-7-9-11-13-15-17-19-21-27-51-45(53)33-25-23-31-42-38(50)30-36-40-34(46(54)52(48(36)56)28-22-20-18-16-14-12-10-8-6-4-2)26-24-32(44(40)42)41-37(49)29-35(47(51)55)39(33)43(31)41/h23-26,29-30H,3-22,27-28H2,1-2H3. The molecule has 2 heterocycles. The van der Waals surface area contributed by atoms with Gasteiger partial charge >= 0.3 is 0 Å². The molecule has 5 aromatic carbocycles. The van der Waals surface area contributed by atoms with Crippen molar-refractivity contribution in [3.8, 4) is 0 Å². The summed E-state index contributed by atoms with van der Waals surface area (Å²) in [5.41, 5.74) is 2.13. The Morgan fingerprint density at radius 2 is 0.679 bits per heavy atom. The molecule has 0 bridgehead atoms. The normalized spacial score (nSPS) is 14.3. The van der Waals surface area contributed by atoms with E-state index in [0.29, 0.717) is 46.1 Å². The molecule has 0 radical (unpaired) electrons. The smallest absolute Gasteiger partial charge is 0.261 e. The van der Waals surface area contributed by atoms with E-state index in [1.807, 2.05) is 36.4 Å². The SMILES string of the molecule is CCCCCCCCCCCCN1C(=O)c2ccc3c4c(Br)cc5c6c(ccc(c7c(Br)cc(c2c37)C1=O)c64)C(=O)N(CCCCCCCCCCCC)C5=O. The van der Waals surface area contributed by atoms with Crippen molar-refractivity contribution in [3.05, 3.63) is 67.6 Å². The molecule has 4 amide bonds. The molecule has 2 aliphatic heterocycles. The van der Waals surface area contributed by atoms with Crippen LogP contribution in [0.25, 0.3) is 43.1 Å². The highest BCUT2D eigenvalue weighted by molar-refractivity contribution is 9.11. The summed E-state index contributed by atoms with van der Waals surface area (Å²) in [5, 5.41) is 6.55. The summed E-state index contributed by atoms with van der Waals surface area (Å²) in [5.74, 6) is -0.993. The summed E-state index contributed by atoms with van der Waals surface area (Å²) in [6.07, 6.45) is 23.7. The van der Waals surface area contributed by atoms with Crippen molar-refractivity contribution in [1.29, 1.82) is 0 Å². The summed E-state index contributed by atoms with van der Waals surface area (Å²) in [7, 11) is 0. The number of hydrogen-bond acceptors (Lipinski definition) is 4. The number of fused-ring (bicyclic) bond motifs is 2. The highest BCUT2D eigenvalue weighted by Crippen LogP contribution is 2.50. The molecule has 296 valence electrons. The van der Waals surface area contributed by atoms with Crippen LogP contribution in [0.5, 0.6) is 0 Å². The molecule has 5 aromatic rings. The number of imide groups is 2. The van der Waals surface area contributed by atoms with Gasteiger partial charge in [0.15, 0.2) is 0 Å². The van der Waals surface area contributed by atoms with Gasteiger partial charge in [-0.1, -0.05) is 173 Å². The van der Waals surface area contributed by atoms with E-state index < -0.39 is 0 Å². The van der Waals surface area contributed by atoms with Crippen LogP contribution in [-0.4, -0.2) is 46.5 Å². The topological polar surface area (TPSA) is 74.8 Å². The third-order valence-corrected chi connectivity index (χ3v) is 13.6. The van der Waals surface area contributed by atoms with E-state index in [-0.39, 0.29) is 23.6 Å². The minimum Gasteiger partial charge on any atom is -0.274 e. The van der Waals surface area contributed by atoms with Crippen LogP contribution in [0.3, 0.4) is 0 Å². The molecule has 0 fully saturated rings. The second kappa shape index (κ2) is 18.5. The van der Waals surface area contributed by atoms with Crippen LogP contribution in [-0.2, 0) is 0 Å². The average molecular weight is 885 g/mol. The van der Waals surface area contributed by atoms with E-state index >= 15 is 0 Å². The van der Waals surface area contributed by atoms with Crippen LogP contribution in [0.4, 0.5) is 0 Å². The third kappa shape index (κ3) is 7.78. The number of benzene rings is 5. The zero-order chi connectivity index (χ0) is 39.3. The summed E-state index contributed by atoms with van der Waals surface area (Å²) in [6, 6.07) is 11.4. The largest absolute Gasteiger partial charge is 0.274 e. The predicted octanol–water partition coefficient (Wildman–Crippen LogP) is 14.3. The van der Waals surface area contributed by atoms with Gasteiger partial charge in [0.05, 0.1) is 0 Å². The van der Waals surface area contributed by atoms with Crippen LogP contribution in [0, 0.1) is 0 Å². The Bertz CT molecular complexity index is 2120. The van der Waals surface area contributed by atoms with E-state index in [2.05, 4.69) is 45.7 Å². The van der Waals surface area contributed by atoms with Crippen molar-refractivity contribution in [2.75, 3.05) is 13.1 Å². The lowest BCUT2D eigenvalue weighted by Crippen LogP contribution is -2.41. The maximum absolute atomic E-state index is 14.1. The van der Waals surface area contributed by atoms with Crippen LogP contribution in [0.2, 0.25) is 0 Å². The van der Waals surface area contributed by atoms with Crippen LogP contribution < -0.4 is 0 Å². The lowest BCUT2D eigenvalue weighted by Gasteiger charge is -2.31. The molecule has 2 aliphatic rings. The van der Waals surface area contributed by atoms with E-state index in [9.17, 15) is 19.2 Å². The number of carbonyl (C=O) groups is 4. The molecule has 7 rings (SSSR count). The summed E-state index contributed by atoms with van der Waals surface area (Å²) in [6.45, 7) is 5.30. The summed E-state index contributed by atoms with van der Waals surface area (Å²) < 4.78 is 1.50. The number of amides is 4. The Hall–Kier alpha value is -3.36. The van der Waals surface area contributed by atoms with E-state index in [4.69, 9.17) is 0 Å². The summed E-state index contributed by atoms with van der Waals surface area (Å²) >= 11 is 7.70. The molecule has 0 aliphatic carbocycles. The van der Waals surface area contributed by atoms with Crippen LogP contribution in [0.15, 0.2) is 45.3 Å². The number of nitrogens with zero attached hydrogens (tertiary/aromatic N) is 2. The van der Waals surface area contributed by atoms with Gasteiger partial charge in [-0.2, -0.15) is 0 Å². The zero-order valence-electron chi connectivity index (χ0n) is 33.3. The first-order valence-corrected chi connectivity index (χ1v) is 23.2. The molecule has 0 N–H and O–H groups in total. The fourth-order valence-corrected chi connectivity index (χ4v) is 10.7. The monoisotopic (exact) mass is 882 g/mol. The lowest BCUT2D eigenvalue weighted by atomic mass is 9.82. The minimum absolute atomic E-state index is 0.243. The van der Waals surface area contributed by atoms with Gasteiger partial charge in [0.1, 0.15) is 0 Å². The molecule has 0 aromatic heterocycles. The van der Waals surface area contributed by atoms with Gasteiger partial charge in [-0.05, 0) is 47.9 Å². The maximum atomic E-state index is 14.1. The van der Waals surface area contributed by atoms with Crippen molar-refractivity contribution in [2.24, 2.45) is 0 Å². The second-order valence-corrected chi connectivity index (χ2v) is 18.0. The van der Waals surface area contributed by atoms with E-state index in [1.165, 1.54) is 99.7 Å². The molecule has 56 heavy (non-hydrogen) atoms. The third-order valence-electron chi connectivity index (χ3n) is 12.4. The van der Waals surface area contributed by atoms with Gasteiger partial charge in [0.2, 0.25) is 0 Å². The molecular formula is C48H56Br2N2O4.